The maximum absolute atomic E-state index is 3.48. The number of hydrogen-bond acceptors (Lipinski definition) is 3. The molecule has 0 saturated carbocycles. The fourth-order valence-electron chi connectivity index (χ4n) is 1.98. The Labute approximate surface area is 116 Å². The first-order valence-electron chi connectivity index (χ1n) is 6.89. The maximum Gasteiger partial charge on any atom is 0.0367 e. The zero-order valence-electron chi connectivity index (χ0n) is 11.9. The second-order valence-electron chi connectivity index (χ2n) is 4.35. The van der Waals surface area contributed by atoms with Gasteiger partial charge in [0.05, 0.1) is 0 Å². The molecule has 0 radical (unpaired) electrons. The summed E-state index contributed by atoms with van der Waals surface area (Å²) in [4.78, 5) is 2.36. The molecule has 0 aliphatic carbocycles. The summed E-state index contributed by atoms with van der Waals surface area (Å²) in [6.45, 7) is 7.60. The highest BCUT2D eigenvalue weighted by Crippen LogP contribution is 2.17. The summed E-state index contributed by atoms with van der Waals surface area (Å²) in [6.07, 6.45) is 4.71. The van der Waals surface area contributed by atoms with Crippen molar-refractivity contribution in [1.82, 2.24) is 0 Å². The molecule has 0 aliphatic heterocycles. The molecule has 0 aliphatic rings. The number of benzene rings is 1. The van der Waals surface area contributed by atoms with Crippen molar-refractivity contribution in [3.8, 4) is 0 Å². The summed E-state index contributed by atoms with van der Waals surface area (Å²) in [5.74, 6) is 1.27. The lowest BCUT2D eigenvalue weighted by atomic mass is 10.2. The minimum absolute atomic E-state index is 1.07. The third-order valence-corrected chi connectivity index (χ3v) is 3.80. The van der Waals surface area contributed by atoms with Crippen molar-refractivity contribution in [1.29, 1.82) is 0 Å². The first kappa shape index (κ1) is 15.2. The van der Waals surface area contributed by atoms with Gasteiger partial charge < -0.3 is 10.2 Å². The van der Waals surface area contributed by atoms with E-state index in [0.29, 0.717) is 0 Å². The standard InChI is InChI=1S/C15H26N2S/c1-4-17(5-2)15-10-8-14(9-11-15)16-12-6-7-13-18-3/h8-11,16H,4-7,12-13H2,1-3H3. The van der Waals surface area contributed by atoms with Gasteiger partial charge in [-0.1, -0.05) is 0 Å². The molecule has 1 aromatic rings. The van der Waals surface area contributed by atoms with Gasteiger partial charge in [0.2, 0.25) is 0 Å². The molecule has 0 fully saturated rings. The van der Waals surface area contributed by atoms with E-state index in [0.717, 1.165) is 19.6 Å². The van der Waals surface area contributed by atoms with Crippen LogP contribution in [-0.2, 0) is 0 Å². The molecule has 3 heteroatoms. The van der Waals surface area contributed by atoms with Gasteiger partial charge >= 0.3 is 0 Å². The van der Waals surface area contributed by atoms with Crippen LogP contribution in [0, 0.1) is 0 Å². The van der Waals surface area contributed by atoms with Crippen molar-refractivity contribution in [2.75, 3.05) is 41.9 Å². The van der Waals surface area contributed by atoms with E-state index in [1.165, 1.54) is 30.0 Å². The summed E-state index contributed by atoms with van der Waals surface area (Å²) in [7, 11) is 0. The van der Waals surface area contributed by atoms with Crippen LogP contribution in [0.4, 0.5) is 11.4 Å². The number of nitrogens with one attached hydrogen (secondary N) is 1. The van der Waals surface area contributed by atoms with Crippen LogP contribution < -0.4 is 10.2 Å². The summed E-state index contributed by atoms with van der Waals surface area (Å²) in [5, 5.41) is 3.48. The largest absolute Gasteiger partial charge is 0.385 e. The second kappa shape index (κ2) is 9.15. The average molecular weight is 266 g/mol. The SMILES string of the molecule is CCN(CC)c1ccc(NCCCCSC)cc1. The Morgan fingerprint density at radius 3 is 2.28 bits per heavy atom. The van der Waals surface area contributed by atoms with Gasteiger partial charge in [-0.3, -0.25) is 0 Å². The summed E-state index contributed by atoms with van der Waals surface area (Å²) in [6, 6.07) is 8.78. The van der Waals surface area contributed by atoms with E-state index in [2.05, 4.69) is 54.6 Å². The van der Waals surface area contributed by atoms with Crippen LogP contribution in [0.1, 0.15) is 26.7 Å². The van der Waals surface area contributed by atoms with Crippen LogP contribution in [0.2, 0.25) is 0 Å². The van der Waals surface area contributed by atoms with E-state index >= 15 is 0 Å². The topological polar surface area (TPSA) is 15.3 Å². The minimum atomic E-state index is 1.07. The molecular formula is C15H26N2S. The summed E-state index contributed by atoms with van der Waals surface area (Å²) >= 11 is 1.92. The van der Waals surface area contributed by atoms with Crippen molar-refractivity contribution >= 4 is 23.1 Å². The van der Waals surface area contributed by atoms with Gasteiger partial charge in [-0.25, -0.2) is 0 Å². The zero-order valence-corrected chi connectivity index (χ0v) is 12.7. The van der Waals surface area contributed by atoms with Crippen molar-refractivity contribution in [2.45, 2.75) is 26.7 Å². The molecule has 0 aromatic heterocycles. The number of anilines is 2. The molecule has 1 aromatic carbocycles. The van der Waals surface area contributed by atoms with Crippen LogP contribution in [0.15, 0.2) is 24.3 Å². The highest BCUT2D eigenvalue weighted by Gasteiger charge is 2.00. The number of unbranched alkanes of at least 4 members (excludes halogenated alkanes) is 1. The first-order chi connectivity index (χ1) is 8.81. The lowest BCUT2D eigenvalue weighted by molar-refractivity contribution is 0.843. The number of rotatable bonds is 9. The molecule has 18 heavy (non-hydrogen) atoms. The maximum atomic E-state index is 3.48. The predicted molar refractivity (Wildman–Crippen MR) is 86.1 cm³/mol. The Balaban J connectivity index is 2.35. The number of nitrogens with zero attached hydrogens (tertiary/aromatic N) is 1. The molecule has 0 heterocycles. The van der Waals surface area contributed by atoms with Crippen molar-refractivity contribution < 1.29 is 0 Å². The van der Waals surface area contributed by atoms with Crippen molar-refractivity contribution in [3.63, 3.8) is 0 Å². The summed E-state index contributed by atoms with van der Waals surface area (Å²) < 4.78 is 0. The highest BCUT2D eigenvalue weighted by atomic mass is 32.2. The van der Waals surface area contributed by atoms with Gasteiger partial charge in [0.1, 0.15) is 0 Å². The minimum Gasteiger partial charge on any atom is -0.385 e. The quantitative estimate of drug-likeness (QED) is 0.678. The molecule has 0 unspecified atom stereocenters. The number of thioether (sulfide) groups is 1. The Kier molecular flexibility index (Phi) is 7.74. The van der Waals surface area contributed by atoms with Crippen molar-refractivity contribution in [3.05, 3.63) is 24.3 Å². The Bertz CT molecular complexity index is 307. The van der Waals surface area contributed by atoms with Gasteiger partial charge in [0.25, 0.3) is 0 Å². The lowest BCUT2D eigenvalue weighted by Crippen LogP contribution is -2.21. The molecule has 0 bridgehead atoms. The monoisotopic (exact) mass is 266 g/mol. The van der Waals surface area contributed by atoms with E-state index in [4.69, 9.17) is 0 Å². The van der Waals surface area contributed by atoms with Gasteiger partial charge in [-0.2, -0.15) is 11.8 Å². The molecule has 2 nitrogen and oxygen atoms in total. The molecule has 0 spiro atoms. The molecule has 1 N–H and O–H groups in total. The van der Waals surface area contributed by atoms with E-state index in [1.54, 1.807) is 0 Å². The lowest BCUT2D eigenvalue weighted by Gasteiger charge is -2.21. The fourth-order valence-corrected chi connectivity index (χ4v) is 2.48. The van der Waals surface area contributed by atoms with Gasteiger partial charge in [-0.15, -0.1) is 0 Å². The van der Waals surface area contributed by atoms with E-state index in [-0.39, 0.29) is 0 Å². The molecule has 0 saturated heterocycles. The van der Waals surface area contributed by atoms with Crippen LogP contribution in [0.3, 0.4) is 0 Å². The van der Waals surface area contributed by atoms with E-state index in [1.807, 2.05) is 11.8 Å². The molecule has 1 rings (SSSR count). The smallest absolute Gasteiger partial charge is 0.0367 e. The molecule has 102 valence electrons. The van der Waals surface area contributed by atoms with Crippen LogP contribution in [0.25, 0.3) is 0 Å². The second-order valence-corrected chi connectivity index (χ2v) is 5.33. The van der Waals surface area contributed by atoms with E-state index in [9.17, 15) is 0 Å². The van der Waals surface area contributed by atoms with Gasteiger partial charge in [0, 0.05) is 31.0 Å². The Morgan fingerprint density at radius 1 is 1.06 bits per heavy atom. The zero-order chi connectivity index (χ0) is 13.2. The molecule has 0 atom stereocenters. The number of hydrogen-bond donors (Lipinski definition) is 1. The van der Waals surface area contributed by atoms with Gasteiger partial charge in [-0.05, 0) is 63.0 Å². The molecule has 0 amide bonds. The van der Waals surface area contributed by atoms with Crippen LogP contribution >= 0.6 is 11.8 Å². The third kappa shape index (κ3) is 5.21. The first-order valence-corrected chi connectivity index (χ1v) is 8.29. The van der Waals surface area contributed by atoms with Gasteiger partial charge in [0.15, 0.2) is 0 Å². The average Bonchev–Trinajstić information content (AvgIpc) is 2.41. The third-order valence-electron chi connectivity index (χ3n) is 3.10. The fraction of sp³-hybridized carbons (Fsp3) is 0.600. The normalized spacial score (nSPS) is 10.4. The van der Waals surface area contributed by atoms with Crippen LogP contribution in [-0.4, -0.2) is 31.6 Å². The Hall–Kier alpha value is -0.830. The van der Waals surface area contributed by atoms with Crippen molar-refractivity contribution in [2.24, 2.45) is 0 Å². The summed E-state index contributed by atoms with van der Waals surface area (Å²) in [5.41, 5.74) is 2.54. The molecular weight excluding hydrogens is 240 g/mol. The highest BCUT2D eigenvalue weighted by molar-refractivity contribution is 7.98. The predicted octanol–water partition coefficient (Wildman–Crippen LogP) is 4.09. The van der Waals surface area contributed by atoms with E-state index < -0.39 is 0 Å². The van der Waals surface area contributed by atoms with Crippen LogP contribution in [0.5, 0.6) is 0 Å². The Morgan fingerprint density at radius 2 is 1.72 bits per heavy atom.